The standard InChI is InChI=1S/C20H20N2O4/c1-13-4-2-3-5-16(13)21-20(24)14-10-19(23)22(12-14)15-6-7-17-18(11-15)26-9-8-25-17/h2-7,11,14H,8-10,12H2,1H3,(H,21,24)/t14-/m0/s1. The highest BCUT2D eigenvalue weighted by Crippen LogP contribution is 2.36. The van der Waals surface area contributed by atoms with E-state index in [9.17, 15) is 9.59 Å². The molecule has 2 heterocycles. The Labute approximate surface area is 151 Å². The van der Waals surface area contributed by atoms with Crippen LogP contribution in [0.15, 0.2) is 42.5 Å². The number of anilines is 2. The van der Waals surface area contributed by atoms with Gasteiger partial charge in [0.15, 0.2) is 11.5 Å². The second-order valence-corrected chi connectivity index (χ2v) is 6.54. The minimum absolute atomic E-state index is 0.0633. The molecule has 4 rings (SSSR count). The Kier molecular flexibility index (Phi) is 4.24. The monoisotopic (exact) mass is 352 g/mol. The normalized spacial score (nSPS) is 18.7. The molecule has 2 aromatic rings. The van der Waals surface area contributed by atoms with Crippen molar-refractivity contribution in [2.75, 3.05) is 30.0 Å². The maximum absolute atomic E-state index is 12.6. The van der Waals surface area contributed by atoms with Crippen molar-refractivity contribution in [3.63, 3.8) is 0 Å². The molecule has 0 bridgehead atoms. The van der Waals surface area contributed by atoms with E-state index in [1.54, 1.807) is 17.0 Å². The number of para-hydroxylation sites is 1. The van der Waals surface area contributed by atoms with Crippen LogP contribution in [0.4, 0.5) is 11.4 Å². The van der Waals surface area contributed by atoms with Gasteiger partial charge in [-0.1, -0.05) is 18.2 Å². The highest BCUT2D eigenvalue weighted by Gasteiger charge is 2.35. The smallest absolute Gasteiger partial charge is 0.229 e. The van der Waals surface area contributed by atoms with Crippen molar-refractivity contribution >= 4 is 23.2 Å². The summed E-state index contributed by atoms with van der Waals surface area (Å²) in [7, 11) is 0. The lowest BCUT2D eigenvalue weighted by atomic mass is 10.1. The molecule has 0 unspecified atom stereocenters. The van der Waals surface area contributed by atoms with E-state index in [0.29, 0.717) is 31.3 Å². The molecule has 1 atom stereocenters. The fraction of sp³-hybridized carbons (Fsp3) is 0.300. The molecule has 2 aliphatic rings. The van der Waals surface area contributed by atoms with E-state index < -0.39 is 0 Å². The summed E-state index contributed by atoms with van der Waals surface area (Å²) in [6.07, 6.45) is 0.201. The number of benzene rings is 2. The van der Waals surface area contributed by atoms with Crippen LogP contribution in [-0.2, 0) is 9.59 Å². The summed E-state index contributed by atoms with van der Waals surface area (Å²) >= 11 is 0. The Hall–Kier alpha value is -3.02. The Morgan fingerprint density at radius 3 is 2.69 bits per heavy atom. The van der Waals surface area contributed by atoms with Gasteiger partial charge in [0.2, 0.25) is 11.8 Å². The number of rotatable bonds is 3. The van der Waals surface area contributed by atoms with Crippen LogP contribution < -0.4 is 19.7 Å². The van der Waals surface area contributed by atoms with E-state index >= 15 is 0 Å². The topological polar surface area (TPSA) is 67.9 Å². The van der Waals surface area contributed by atoms with Gasteiger partial charge < -0.3 is 19.7 Å². The number of hydrogen-bond acceptors (Lipinski definition) is 4. The van der Waals surface area contributed by atoms with Gasteiger partial charge in [0, 0.05) is 30.4 Å². The van der Waals surface area contributed by atoms with Crippen molar-refractivity contribution < 1.29 is 19.1 Å². The number of carbonyl (C=O) groups is 2. The van der Waals surface area contributed by atoms with Crippen LogP contribution in [0.5, 0.6) is 11.5 Å². The van der Waals surface area contributed by atoms with Crippen molar-refractivity contribution in [3.05, 3.63) is 48.0 Å². The van der Waals surface area contributed by atoms with E-state index in [0.717, 1.165) is 16.9 Å². The Bertz CT molecular complexity index is 865. The molecule has 1 saturated heterocycles. The van der Waals surface area contributed by atoms with Crippen molar-refractivity contribution in [2.24, 2.45) is 5.92 Å². The van der Waals surface area contributed by atoms with Crippen LogP contribution in [0.2, 0.25) is 0 Å². The first-order valence-corrected chi connectivity index (χ1v) is 8.68. The average molecular weight is 352 g/mol. The molecule has 6 heteroatoms. The van der Waals surface area contributed by atoms with Crippen LogP contribution in [0, 0.1) is 12.8 Å². The molecule has 1 N–H and O–H groups in total. The van der Waals surface area contributed by atoms with Gasteiger partial charge in [0.05, 0.1) is 5.92 Å². The highest BCUT2D eigenvalue weighted by atomic mass is 16.6. The molecule has 2 aromatic carbocycles. The second kappa shape index (κ2) is 6.71. The fourth-order valence-corrected chi connectivity index (χ4v) is 3.28. The second-order valence-electron chi connectivity index (χ2n) is 6.54. The summed E-state index contributed by atoms with van der Waals surface area (Å²) in [5, 5.41) is 2.93. The van der Waals surface area contributed by atoms with Crippen LogP contribution in [0.1, 0.15) is 12.0 Å². The molecule has 26 heavy (non-hydrogen) atoms. The molecule has 0 saturated carbocycles. The number of ether oxygens (including phenoxy) is 2. The summed E-state index contributed by atoms with van der Waals surface area (Å²) in [4.78, 5) is 26.7. The molecule has 134 valence electrons. The van der Waals surface area contributed by atoms with Gasteiger partial charge in [-0.3, -0.25) is 9.59 Å². The number of nitrogens with zero attached hydrogens (tertiary/aromatic N) is 1. The van der Waals surface area contributed by atoms with Gasteiger partial charge in [0.1, 0.15) is 13.2 Å². The minimum Gasteiger partial charge on any atom is -0.486 e. The predicted octanol–water partition coefficient (Wildman–Crippen LogP) is 2.76. The zero-order valence-corrected chi connectivity index (χ0v) is 14.5. The van der Waals surface area contributed by atoms with Crippen LogP contribution in [-0.4, -0.2) is 31.6 Å². The maximum Gasteiger partial charge on any atom is 0.229 e. The predicted molar refractivity (Wildman–Crippen MR) is 97.7 cm³/mol. The van der Waals surface area contributed by atoms with Crippen LogP contribution in [0.3, 0.4) is 0 Å². The van der Waals surface area contributed by atoms with Crippen molar-refractivity contribution in [3.8, 4) is 11.5 Å². The highest BCUT2D eigenvalue weighted by molar-refractivity contribution is 6.03. The third-order valence-corrected chi connectivity index (χ3v) is 4.74. The zero-order valence-electron chi connectivity index (χ0n) is 14.5. The first-order valence-electron chi connectivity index (χ1n) is 8.68. The summed E-state index contributed by atoms with van der Waals surface area (Å²) in [6.45, 7) is 3.31. The summed E-state index contributed by atoms with van der Waals surface area (Å²) in [5.74, 6) is 0.740. The third-order valence-electron chi connectivity index (χ3n) is 4.74. The van der Waals surface area contributed by atoms with E-state index in [-0.39, 0.29) is 24.2 Å². The van der Waals surface area contributed by atoms with Crippen LogP contribution >= 0.6 is 0 Å². The van der Waals surface area contributed by atoms with Gasteiger partial charge in [-0.25, -0.2) is 0 Å². The zero-order chi connectivity index (χ0) is 18.1. The molecule has 0 aliphatic carbocycles. The van der Waals surface area contributed by atoms with E-state index in [4.69, 9.17) is 9.47 Å². The SMILES string of the molecule is Cc1ccccc1NC(=O)[C@H]1CC(=O)N(c2ccc3c(c2)OCCO3)C1. The summed E-state index contributed by atoms with van der Waals surface area (Å²) < 4.78 is 11.1. The Morgan fingerprint density at radius 1 is 1.12 bits per heavy atom. The first kappa shape index (κ1) is 16.4. The van der Waals surface area contributed by atoms with Crippen LogP contribution in [0.25, 0.3) is 0 Å². The van der Waals surface area contributed by atoms with Crippen molar-refractivity contribution in [1.29, 1.82) is 0 Å². The first-order chi connectivity index (χ1) is 12.6. The number of carbonyl (C=O) groups excluding carboxylic acids is 2. The lowest BCUT2D eigenvalue weighted by Gasteiger charge is -2.22. The molecule has 1 fully saturated rings. The molecule has 2 amide bonds. The van der Waals surface area contributed by atoms with E-state index in [1.165, 1.54) is 0 Å². The lowest BCUT2D eigenvalue weighted by molar-refractivity contribution is -0.122. The number of aryl methyl sites for hydroxylation is 1. The van der Waals surface area contributed by atoms with Gasteiger partial charge >= 0.3 is 0 Å². The van der Waals surface area contributed by atoms with Crippen molar-refractivity contribution in [1.82, 2.24) is 0 Å². The van der Waals surface area contributed by atoms with Gasteiger partial charge in [-0.2, -0.15) is 0 Å². The van der Waals surface area contributed by atoms with E-state index in [2.05, 4.69) is 5.32 Å². The molecule has 0 aromatic heterocycles. The number of nitrogens with one attached hydrogen (secondary N) is 1. The van der Waals surface area contributed by atoms with E-state index in [1.807, 2.05) is 37.3 Å². The maximum atomic E-state index is 12.6. The molecule has 6 nitrogen and oxygen atoms in total. The Balaban J connectivity index is 1.48. The number of fused-ring (bicyclic) bond motifs is 1. The molecular weight excluding hydrogens is 332 g/mol. The number of amides is 2. The molecular formula is C20H20N2O4. The van der Waals surface area contributed by atoms with Gasteiger partial charge in [-0.05, 0) is 30.7 Å². The summed E-state index contributed by atoms with van der Waals surface area (Å²) in [6, 6.07) is 13.0. The lowest BCUT2D eigenvalue weighted by Crippen LogP contribution is -2.28. The van der Waals surface area contributed by atoms with Gasteiger partial charge in [-0.15, -0.1) is 0 Å². The molecule has 0 radical (unpaired) electrons. The summed E-state index contributed by atoms with van der Waals surface area (Å²) in [5.41, 5.74) is 2.50. The molecule has 0 spiro atoms. The average Bonchev–Trinajstić information content (AvgIpc) is 3.05. The largest absolute Gasteiger partial charge is 0.486 e. The minimum atomic E-state index is -0.379. The Morgan fingerprint density at radius 2 is 1.88 bits per heavy atom. The number of hydrogen-bond donors (Lipinski definition) is 1. The molecule has 2 aliphatic heterocycles. The van der Waals surface area contributed by atoms with Gasteiger partial charge in [0.25, 0.3) is 0 Å². The third kappa shape index (κ3) is 3.10. The van der Waals surface area contributed by atoms with Crippen molar-refractivity contribution in [2.45, 2.75) is 13.3 Å². The fourth-order valence-electron chi connectivity index (χ4n) is 3.28. The quantitative estimate of drug-likeness (QED) is 0.922.